The van der Waals surface area contributed by atoms with Gasteiger partial charge in [-0.2, -0.15) is 0 Å². The molecule has 4 heteroatoms. The second-order valence-corrected chi connectivity index (χ2v) is 18.2. The molecule has 2 aliphatic heterocycles. The van der Waals surface area contributed by atoms with Crippen LogP contribution in [0.5, 0.6) is 0 Å². The van der Waals surface area contributed by atoms with E-state index in [0.717, 1.165) is 67.8 Å². The number of rotatable bonds is 3. The fraction of sp³-hybridized carbons (Fsp3) is 0.100. The number of para-hydroxylation sites is 1. The molecule has 4 unspecified atom stereocenters. The summed E-state index contributed by atoms with van der Waals surface area (Å²) in [4.78, 5) is 11.7. The molecular formula is C60H41N3O. The lowest BCUT2D eigenvalue weighted by Crippen LogP contribution is -2.42. The Kier molecular flexibility index (Phi) is 7.45. The van der Waals surface area contributed by atoms with E-state index >= 15 is 0 Å². The Morgan fingerprint density at radius 2 is 1.39 bits per heavy atom. The number of nitrogens with zero attached hydrogens (tertiary/aromatic N) is 3. The molecule has 2 aromatic heterocycles. The summed E-state index contributed by atoms with van der Waals surface area (Å²) in [6, 6.07) is 61.7. The van der Waals surface area contributed by atoms with Crippen LogP contribution in [-0.4, -0.2) is 22.2 Å². The average Bonchev–Trinajstić information content (AvgIpc) is 3.88. The monoisotopic (exact) mass is 819 g/mol. The maximum atomic E-state index is 7.09. The van der Waals surface area contributed by atoms with E-state index in [0.29, 0.717) is 0 Å². The summed E-state index contributed by atoms with van der Waals surface area (Å²) >= 11 is 0. The van der Waals surface area contributed by atoms with Crippen molar-refractivity contribution in [2.24, 2.45) is 21.3 Å². The molecule has 64 heavy (non-hydrogen) atoms. The first-order valence-electron chi connectivity index (χ1n) is 22.5. The van der Waals surface area contributed by atoms with Gasteiger partial charge in [-0.3, -0.25) is 4.99 Å². The normalized spacial score (nSPS) is 20.9. The minimum atomic E-state index is -0.312. The van der Waals surface area contributed by atoms with Crippen molar-refractivity contribution in [1.29, 1.82) is 0 Å². The number of amidine groups is 1. The Bertz CT molecular complexity index is 3800. The number of fused-ring (bicyclic) bond motifs is 16. The second-order valence-electron chi connectivity index (χ2n) is 18.2. The Hall–Kier alpha value is -7.82. The smallest absolute Gasteiger partial charge is 0.160 e. The first-order valence-corrected chi connectivity index (χ1v) is 22.5. The van der Waals surface area contributed by atoms with Gasteiger partial charge in [0.15, 0.2) is 11.4 Å². The van der Waals surface area contributed by atoms with E-state index in [1.807, 2.05) is 0 Å². The van der Waals surface area contributed by atoms with Gasteiger partial charge in [-0.25, -0.2) is 4.99 Å². The highest BCUT2D eigenvalue weighted by Gasteiger charge is 2.47. The standard InChI is InChI=1S/C60H41N3O/c1-60-29-12-11-23-50(60)43-21-8-7-18-41(43)34-51(60)56-49-30-36-25-26-44-48-33-39-16-5-6-17-40(39)35-53(48)63(52(44)31-36)57-47(28-27-46-45-22-9-10-24-54(45)64-58(46)57)55(49)61-59(62-56)42-20-13-19-38(32-42)37-14-3-2-4-15-37/h2-29,31-35,49-50,56H,30H2,1H3. The van der Waals surface area contributed by atoms with E-state index in [1.54, 1.807) is 0 Å². The van der Waals surface area contributed by atoms with Gasteiger partial charge in [-0.15, -0.1) is 0 Å². The first-order chi connectivity index (χ1) is 31.6. The number of aliphatic imine (C=N–C) groups is 2. The molecule has 10 aromatic rings. The van der Waals surface area contributed by atoms with Gasteiger partial charge in [0, 0.05) is 49.9 Å². The number of benzene rings is 8. The Labute approximate surface area is 370 Å². The fourth-order valence-corrected chi connectivity index (χ4v) is 11.6. The van der Waals surface area contributed by atoms with Crippen molar-refractivity contribution in [2.45, 2.75) is 25.3 Å². The molecule has 0 amide bonds. The zero-order valence-electron chi connectivity index (χ0n) is 35.2. The van der Waals surface area contributed by atoms with Crippen LogP contribution in [0, 0.1) is 11.3 Å². The van der Waals surface area contributed by atoms with Crippen LogP contribution in [0.1, 0.15) is 40.7 Å². The summed E-state index contributed by atoms with van der Waals surface area (Å²) in [7, 11) is 0. The maximum Gasteiger partial charge on any atom is 0.160 e. The minimum Gasteiger partial charge on any atom is -0.454 e. The van der Waals surface area contributed by atoms with Gasteiger partial charge < -0.3 is 8.98 Å². The van der Waals surface area contributed by atoms with Crippen LogP contribution >= 0.6 is 0 Å². The first kappa shape index (κ1) is 35.7. The van der Waals surface area contributed by atoms with Gasteiger partial charge in [0.05, 0.1) is 28.5 Å². The summed E-state index contributed by atoms with van der Waals surface area (Å²) < 4.78 is 9.58. The van der Waals surface area contributed by atoms with E-state index < -0.39 is 0 Å². The molecule has 4 nitrogen and oxygen atoms in total. The molecule has 4 aliphatic rings. The van der Waals surface area contributed by atoms with Gasteiger partial charge in [0.1, 0.15) is 5.58 Å². The van der Waals surface area contributed by atoms with Crippen LogP contribution in [-0.2, 0) is 6.42 Å². The van der Waals surface area contributed by atoms with Crippen LogP contribution < -0.4 is 0 Å². The molecule has 4 atom stereocenters. The Morgan fingerprint density at radius 1 is 0.625 bits per heavy atom. The maximum absolute atomic E-state index is 7.09. The lowest BCUT2D eigenvalue weighted by atomic mass is 9.59. The van der Waals surface area contributed by atoms with Crippen LogP contribution in [0.4, 0.5) is 0 Å². The van der Waals surface area contributed by atoms with Crippen molar-refractivity contribution >= 4 is 72.1 Å². The molecule has 0 saturated carbocycles. The molecule has 2 bridgehead atoms. The highest BCUT2D eigenvalue weighted by molar-refractivity contribution is 6.22. The summed E-state index contributed by atoms with van der Waals surface area (Å²) in [6.07, 6.45) is 12.5. The molecule has 0 spiro atoms. The van der Waals surface area contributed by atoms with E-state index in [-0.39, 0.29) is 23.3 Å². The topological polar surface area (TPSA) is 42.8 Å². The number of hydrogen-bond donors (Lipinski definition) is 0. The van der Waals surface area contributed by atoms with Gasteiger partial charge in [-0.05, 0) is 87.0 Å². The molecule has 2 aliphatic carbocycles. The molecule has 14 rings (SSSR count). The lowest BCUT2D eigenvalue weighted by molar-refractivity contribution is 0.396. The third-order valence-electron chi connectivity index (χ3n) is 14.7. The van der Waals surface area contributed by atoms with Gasteiger partial charge in [-0.1, -0.05) is 171 Å². The van der Waals surface area contributed by atoms with Crippen LogP contribution in [0.25, 0.3) is 77.4 Å². The molecule has 0 saturated heterocycles. The van der Waals surface area contributed by atoms with E-state index in [4.69, 9.17) is 14.4 Å². The zero-order chi connectivity index (χ0) is 42.1. The summed E-state index contributed by atoms with van der Waals surface area (Å²) in [6.45, 7) is 2.42. The fourth-order valence-electron chi connectivity index (χ4n) is 11.6. The SMILES string of the molecule is CC12C=CC=CC1c1ccccc1C=C2C1N=C(c2cccc(-c3ccccc3)c2)N=C2c3ccc4c(oc5ccccc54)c3-n3c4cc(ccc4c4cc5ccccc5cc43)CC21. The van der Waals surface area contributed by atoms with Gasteiger partial charge in [0.2, 0.25) is 0 Å². The number of furan rings is 1. The predicted octanol–water partition coefficient (Wildman–Crippen LogP) is 14.6. The Balaban J connectivity index is 1.10. The van der Waals surface area contributed by atoms with Crippen molar-refractivity contribution in [3.05, 3.63) is 228 Å². The average molecular weight is 820 g/mol. The van der Waals surface area contributed by atoms with Crippen molar-refractivity contribution in [3.63, 3.8) is 0 Å². The summed E-state index contributed by atoms with van der Waals surface area (Å²) in [5.74, 6) is 0.830. The number of hydrogen-bond acceptors (Lipinski definition) is 3. The quantitative estimate of drug-likeness (QED) is 0.175. The molecule has 8 aromatic carbocycles. The van der Waals surface area contributed by atoms with E-state index in [1.165, 1.54) is 54.9 Å². The van der Waals surface area contributed by atoms with Crippen molar-refractivity contribution in [1.82, 2.24) is 4.57 Å². The molecule has 302 valence electrons. The summed E-state index contributed by atoms with van der Waals surface area (Å²) in [5, 5.41) is 7.08. The van der Waals surface area contributed by atoms with Crippen molar-refractivity contribution < 1.29 is 4.42 Å². The minimum absolute atomic E-state index is 0.0934. The van der Waals surface area contributed by atoms with Gasteiger partial charge >= 0.3 is 0 Å². The third kappa shape index (κ3) is 5.11. The molecule has 0 fully saturated rings. The van der Waals surface area contributed by atoms with E-state index in [2.05, 4.69) is 212 Å². The lowest BCUT2D eigenvalue weighted by Gasteiger charge is -2.46. The number of aromatic nitrogens is 1. The molecule has 0 radical (unpaired) electrons. The predicted molar refractivity (Wildman–Crippen MR) is 265 cm³/mol. The largest absolute Gasteiger partial charge is 0.454 e. The van der Waals surface area contributed by atoms with Crippen molar-refractivity contribution in [2.75, 3.05) is 0 Å². The molecule has 4 heterocycles. The zero-order valence-corrected chi connectivity index (χ0v) is 35.2. The van der Waals surface area contributed by atoms with Crippen LogP contribution in [0.15, 0.2) is 214 Å². The Morgan fingerprint density at radius 3 is 2.31 bits per heavy atom. The highest BCUT2D eigenvalue weighted by atomic mass is 16.3. The van der Waals surface area contributed by atoms with Crippen molar-refractivity contribution in [3.8, 4) is 16.8 Å². The van der Waals surface area contributed by atoms with Crippen LogP contribution in [0.2, 0.25) is 0 Å². The highest BCUT2D eigenvalue weighted by Crippen LogP contribution is 2.55. The van der Waals surface area contributed by atoms with E-state index in [9.17, 15) is 0 Å². The van der Waals surface area contributed by atoms with Gasteiger partial charge in [0.25, 0.3) is 0 Å². The number of allylic oxidation sites excluding steroid dienone is 4. The second kappa shape index (κ2) is 13.3. The third-order valence-corrected chi connectivity index (χ3v) is 14.7. The summed E-state index contributed by atoms with van der Waals surface area (Å²) in [5.41, 5.74) is 15.4. The molecule has 0 N–H and O–H groups in total. The van der Waals surface area contributed by atoms with Crippen LogP contribution in [0.3, 0.4) is 0 Å². The molecular weight excluding hydrogens is 779 g/mol.